The van der Waals surface area contributed by atoms with Gasteiger partial charge < -0.3 is 9.64 Å². The van der Waals surface area contributed by atoms with E-state index in [4.69, 9.17) is 10.6 Å². The minimum absolute atomic E-state index is 0.188. The normalized spacial score (nSPS) is 19.0. The summed E-state index contributed by atoms with van der Waals surface area (Å²) in [6, 6.07) is 1.83. The summed E-state index contributed by atoms with van der Waals surface area (Å²) in [5.41, 5.74) is 1.82. The number of carbonyl (C=O) groups excluding carboxylic acids is 1. The lowest BCUT2D eigenvalue weighted by atomic mass is 10.0. The second-order valence-corrected chi connectivity index (χ2v) is 4.57. The zero-order chi connectivity index (χ0) is 12.5. The summed E-state index contributed by atoms with van der Waals surface area (Å²) in [4.78, 5) is 13.8. The molecule has 1 saturated heterocycles. The molecule has 1 aromatic heterocycles. The molecule has 1 amide bonds. The van der Waals surface area contributed by atoms with Gasteiger partial charge in [-0.25, -0.2) is 5.84 Å². The van der Waals surface area contributed by atoms with Gasteiger partial charge in [-0.05, 0) is 18.9 Å². The minimum Gasteiger partial charge on any atom is -0.488 e. The van der Waals surface area contributed by atoms with Crippen molar-refractivity contribution in [1.82, 2.24) is 4.90 Å². The summed E-state index contributed by atoms with van der Waals surface area (Å²) in [7, 11) is 0. The third kappa shape index (κ3) is 1.81. The molecule has 3 rings (SSSR count). The number of nitrogen functional groups attached to an aromatic ring is 1. The Kier molecular flexibility index (Phi) is 2.66. The molecular formula is C13H16N3O2+. The van der Waals surface area contributed by atoms with Crippen LogP contribution < -0.4 is 15.3 Å². The molecule has 0 saturated carbocycles. The first-order valence-electron chi connectivity index (χ1n) is 6.20. The number of carbonyl (C=O) groups is 1. The molecule has 2 aliphatic heterocycles. The van der Waals surface area contributed by atoms with Crippen molar-refractivity contribution >= 4 is 11.6 Å². The van der Waals surface area contributed by atoms with E-state index < -0.39 is 0 Å². The van der Waals surface area contributed by atoms with Crippen LogP contribution in [0.3, 0.4) is 0 Å². The van der Waals surface area contributed by atoms with Gasteiger partial charge in [0.05, 0.1) is 5.70 Å². The van der Waals surface area contributed by atoms with Crippen LogP contribution in [0.2, 0.25) is 0 Å². The van der Waals surface area contributed by atoms with Crippen molar-refractivity contribution in [3.05, 3.63) is 30.1 Å². The monoisotopic (exact) mass is 246 g/mol. The Morgan fingerprint density at radius 1 is 1.39 bits per heavy atom. The van der Waals surface area contributed by atoms with Crippen molar-refractivity contribution in [2.24, 2.45) is 0 Å². The highest BCUT2D eigenvalue weighted by Gasteiger charge is 2.27. The molecule has 1 aromatic rings. The third-order valence-corrected chi connectivity index (χ3v) is 3.35. The SMILES string of the molecule is N[n+]1ccc2c(c1)C(N1CCCCC1=O)=CCO2. The van der Waals surface area contributed by atoms with E-state index in [0.29, 0.717) is 13.0 Å². The molecule has 5 heteroatoms. The first-order chi connectivity index (χ1) is 8.75. The number of aromatic nitrogens is 1. The van der Waals surface area contributed by atoms with Crippen LogP contribution in [0.15, 0.2) is 24.5 Å². The van der Waals surface area contributed by atoms with Gasteiger partial charge in [-0.15, -0.1) is 0 Å². The fourth-order valence-electron chi connectivity index (χ4n) is 2.45. The number of likely N-dealkylation sites (tertiary alicyclic amines) is 1. The standard InChI is InChI=1S/C13H16N3O2/c14-15-7-4-12-10(9-15)11(5-8-18-12)16-6-2-1-3-13(16)17/h4-5,7,9H,1-3,6,8,14H2/q+1. The van der Waals surface area contributed by atoms with E-state index in [1.165, 1.54) is 4.68 Å². The highest BCUT2D eigenvalue weighted by molar-refractivity contribution is 5.88. The Balaban J connectivity index is 2.00. The second-order valence-electron chi connectivity index (χ2n) is 4.57. The third-order valence-electron chi connectivity index (χ3n) is 3.35. The molecule has 0 aromatic carbocycles. The van der Waals surface area contributed by atoms with Crippen LogP contribution >= 0.6 is 0 Å². The average Bonchev–Trinajstić information content (AvgIpc) is 2.39. The zero-order valence-electron chi connectivity index (χ0n) is 10.1. The maximum atomic E-state index is 12.0. The van der Waals surface area contributed by atoms with E-state index in [9.17, 15) is 4.79 Å². The first-order valence-corrected chi connectivity index (χ1v) is 6.20. The van der Waals surface area contributed by atoms with Gasteiger partial charge in [-0.3, -0.25) is 4.79 Å². The molecule has 0 radical (unpaired) electrons. The molecule has 0 atom stereocenters. The van der Waals surface area contributed by atoms with Crippen molar-refractivity contribution in [3.8, 4) is 5.75 Å². The lowest BCUT2D eigenvalue weighted by Crippen LogP contribution is -2.44. The van der Waals surface area contributed by atoms with Gasteiger partial charge in [0, 0.05) is 19.0 Å². The van der Waals surface area contributed by atoms with Crippen LogP contribution in [0, 0.1) is 0 Å². The van der Waals surface area contributed by atoms with Gasteiger partial charge in [-0.2, -0.15) is 0 Å². The summed E-state index contributed by atoms with van der Waals surface area (Å²) < 4.78 is 7.03. The highest BCUT2D eigenvalue weighted by atomic mass is 16.5. The average molecular weight is 246 g/mol. The van der Waals surface area contributed by atoms with Crippen LogP contribution in [0.25, 0.3) is 5.70 Å². The fraction of sp³-hybridized carbons (Fsp3) is 0.385. The van der Waals surface area contributed by atoms with Gasteiger partial charge >= 0.3 is 0 Å². The van der Waals surface area contributed by atoms with E-state index in [2.05, 4.69) is 0 Å². The van der Waals surface area contributed by atoms with Crippen molar-refractivity contribution in [1.29, 1.82) is 0 Å². The number of fused-ring (bicyclic) bond motifs is 1. The van der Waals surface area contributed by atoms with Gasteiger partial charge in [-0.1, -0.05) is 4.68 Å². The van der Waals surface area contributed by atoms with Crippen molar-refractivity contribution in [3.63, 3.8) is 0 Å². The number of nitrogens with two attached hydrogens (primary N) is 1. The summed E-state index contributed by atoms with van der Waals surface area (Å²) in [6.07, 6.45) is 8.14. The summed E-state index contributed by atoms with van der Waals surface area (Å²) in [5.74, 6) is 6.71. The smallest absolute Gasteiger partial charge is 0.226 e. The molecule has 0 spiro atoms. The Labute approximate surface area is 105 Å². The largest absolute Gasteiger partial charge is 0.488 e. The molecule has 0 aliphatic carbocycles. The molecule has 0 bridgehead atoms. The van der Waals surface area contributed by atoms with Crippen molar-refractivity contribution in [2.75, 3.05) is 19.0 Å². The van der Waals surface area contributed by atoms with Crippen LogP contribution in [0.5, 0.6) is 5.75 Å². The number of hydrogen-bond donors (Lipinski definition) is 1. The van der Waals surface area contributed by atoms with Crippen LogP contribution in [-0.2, 0) is 4.79 Å². The number of nitrogens with zero attached hydrogens (tertiary/aromatic N) is 2. The number of hydrogen-bond acceptors (Lipinski definition) is 3. The number of ether oxygens (including phenoxy) is 1. The molecule has 94 valence electrons. The van der Waals surface area contributed by atoms with E-state index in [-0.39, 0.29) is 5.91 Å². The first kappa shape index (κ1) is 11.1. The van der Waals surface area contributed by atoms with E-state index in [1.54, 1.807) is 12.4 Å². The molecular weight excluding hydrogens is 230 g/mol. The zero-order valence-corrected chi connectivity index (χ0v) is 10.1. The van der Waals surface area contributed by atoms with Gasteiger partial charge in [0.15, 0.2) is 0 Å². The number of pyridine rings is 1. The fourth-order valence-corrected chi connectivity index (χ4v) is 2.45. The van der Waals surface area contributed by atoms with E-state index in [0.717, 1.165) is 36.4 Å². The van der Waals surface area contributed by atoms with Crippen molar-refractivity contribution in [2.45, 2.75) is 19.3 Å². The second kappa shape index (κ2) is 4.33. The predicted molar refractivity (Wildman–Crippen MR) is 65.8 cm³/mol. The highest BCUT2D eigenvalue weighted by Crippen LogP contribution is 2.32. The molecule has 5 nitrogen and oxygen atoms in total. The molecule has 2 aliphatic rings. The van der Waals surface area contributed by atoms with Crippen LogP contribution in [-0.4, -0.2) is 24.0 Å². The van der Waals surface area contributed by atoms with Crippen LogP contribution in [0.4, 0.5) is 0 Å². The van der Waals surface area contributed by atoms with Gasteiger partial charge in [0.1, 0.15) is 17.9 Å². The minimum atomic E-state index is 0.188. The Morgan fingerprint density at radius 3 is 3.11 bits per heavy atom. The maximum Gasteiger partial charge on any atom is 0.226 e. The topological polar surface area (TPSA) is 59.4 Å². The number of piperidine rings is 1. The molecule has 3 heterocycles. The molecule has 18 heavy (non-hydrogen) atoms. The predicted octanol–water partition coefficient (Wildman–Crippen LogP) is 0.434. The van der Waals surface area contributed by atoms with Crippen LogP contribution in [0.1, 0.15) is 24.8 Å². The molecule has 2 N–H and O–H groups in total. The number of rotatable bonds is 1. The number of amides is 1. The lowest BCUT2D eigenvalue weighted by Gasteiger charge is -2.31. The molecule has 0 unspecified atom stereocenters. The van der Waals surface area contributed by atoms with Gasteiger partial charge in [0.25, 0.3) is 0 Å². The lowest BCUT2D eigenvalue weighted by molar-refractivity contribution is -0.639. The Hall–Kier alpha value is -2.04. The molecule has 1 fully saturated rings. The Morgan fingerprint density at radius 2 is 2.28 bits per heavy atom. The maximum absolute atomic E-state index is 12.0. The summed E-state index contributed by atoms with van der Waals surface area (Å²) >= 11 is 0. The van der Waals surface area contributed by atoms with Gasteiger partial charge in [0.2, 0.25) is 18.3 Å². The quantitative estimate of drug-likeness (QED) is 0.577. The van der Waals surface area contributed by atoms with E-state index >= 15 is 0 Å². The summed E-state index contributed by atoms with van der Waals surface area (Å²) in [6.45, 7) is 1.28. The van der Waals surface area contributed by atoms with E-state index in [1.807, 2.05) is 17.0 Å². The Bertz CT molecular complexity index is 525. The van der Waals surface area contributed by atoms with Crippen molar-refractivity contribution < 1.29 is 14.2 Å². The summed E-state index contributed by atoms with van der Waals surface area (Å²) in [5, 5.41) is 0.